The van der Waals surface area contributed by atoms with E-state index in [2.05, 4.69) is 76.9 Å². The number of benzene rings is 4. The Hall–Kier alpha value is -3.69. The molecule has 0 atom stereocenters. The highest BCUT2D eigenvalue weighted by Crippen LogP contribution is 2.39. The number of amides is 1. The van der Waals surface area contributed by atoms with Crippen LogP contribution in [0.25, 0.3) is 0 Å². The fraction of sp³-hybridized carbons (Fsp3) is 0.265. The van der Waals surface area contributed by atoms with Crippen molar-refractivity contribution < 1.29 is 4.79 Å². The average Bonchev–Trinajstić information content (AvgIpc) is 2.98. The van der Waals surface area contributed by atoms with E-state index in [4.69, 9.17) is 0 Å². The zero-order valence-corrected chi connectivity index (χ0v) is 21.4. The van der Waals surface area contributed by atoms with E-state index >= 15 is 0 Å². The van der Waals surface area contributed by atoms with Crippen molar-refractivity contribution in [3.05, 3.63) is 144 Å². The highest BCUT2D eigenvalue weighted by molar-refractivity contribution is 5.96. The lowest BCUT2D eigenvalue weighted by Gasteiger charge is -2.35. The summed E-state index contributed by atoms with van der Waals surface area (Å²) in [5.41, 5.74) is 3.50. The first-order chi connectivity index (χ1) is 18.3. The molecule has 1 heterocycles. The van der Waals surface area contributed by atoms with Gasteiger partial charge in [0.2, 0.25) is 5.91 Å². The second kappa shape index (κ2) is 12.0. The SMILES string of the molecule is O=C(NCCCN1CCC(c2ccccc2)CC1)C(c1ccccc1)(c1ccccc1)c1ccccc1. The third kappa shape index (κ3) is 5.52. The highest BCUT2D eigenvalue weighted by Gasteiger charge is 2.43. The molecule has 0 aliphatic carbocycles. The van der Waals surface area contributed by atoms with Crippen LogP contribution in [0.1, 0.15) is 47.4 Å². The second-order valence-corrected chi connectivity index (χ2v) is 9.98. The molecule has 4 aromatic carbocycles. The second-order valence-electron chi connectivity index (χ2n) is 9.98. The third-order valence-corrected chi connectivity index (χ3v) is 7.76. The molecular weight excluding hydrogens is 452 g/mol. The Labute approximate surface area is 221 Å². The van der Waals surface area contributed by atoms with Gasteiger partial charge in [0.05, 0.1) is 0 Å². The van der Waals surface area contributed by atoms with Gasteiger partial charge in [0.25, 0.3) is 0 Å². The summed E-state index contributed by atoms with van der Waals surface area (Å²) in [6.07, 6.45) is 3.35. The summed E-state index contributed by atoms with van der Waals surface area (Å²) in [5, 5.41) is 3.33. The topological polar surface area (TPSA) is 32.3 Å². The van der Waals surface area contributed by atoms with Crippen molar-refractivity contribution in [3.63, 3.8) is 0 Å². The van der Waals surface area contributed by atoms with E-state index in [0.29, 0.717) is 12.5 Å². The van der Waals surface area contributed by atoms with Crippen molar-refractivity contribution in [2.24, 2.45) is 0 Å². The number of nitrogens with zero attached hydrogens (tertiary/aromatic N) is 1. The Morgan fingerprint density at radius 3 is 1.57 bits per heavy atom. The zero-order chi connectivity index (χ0) is 25.3. The van der Waals surface area contributed by atoms with Crippen molar-refractivity contribution in [1.82, 2.24) is 10.2 Å². The first kappa shape index (κ1) is 25.0. The lowest BCUT2D eigenvalue weighted by atomic mass is 9.68. The Morgan fingerprint density at radius 1 is 0.676 bits per heavy atom. The van der Waals surface area contributed by atoms with Crippen LogP contribution in [0.15, 0.2) is 121 Å². The van der Waals surface area contributed by atoms with E-state index in [0.717, 1.165) is 42.7 Å². The molecule has 0 aromatic heterocycles. The van der Waals surface area contributed by atoms with Crippen molar-refractivity contribution in [1.29, 1.82) is 0 Å². The van der Waals surface area contributed by atoms with E-state index in [1.165, 1.54) is 18.4 Å². The van der Waals surface area contributed by atoms with Gasteiger partial charge in [-0.15, -0.1) is 0 Å². The van der Waals surface area contributed by atoms with E-state index in [1.54, 1.807) is 0 Å². The molecule has 3 nitrogen and oxygen atoms in total. The fourth-order valence-electron chi connectivity index (χ4n) is 5.81. The normalized spacial score (nSPS) is 14.8. The van der Waals surface area contributed by atoms with Gasteiger partial charge in [0.1, 0.15) is 5.41 Å². The number of carbonyl (C=O) groups excluding carboxylic acids is 1. The smallest absolute Gasteiger partial charge is 0.239 e. The van der Waals surface area contributed by atoms with Crippen molar-refractivity contribution in [2.75, 3.05) is 26.2 Å². The predicted molar refractivity (Wildman–Crippen MR) is 152 cm³/mol. The van der Waals surface area contributed by atoms with Crippen LogP contribution in [0.4, 0.5) is 0 Å². The van der Waals surface area contributed by atoms with Crippen molar-refractivity contribution >= 4 is 5.91 Å². The van der Waals surface area contributed by atoms with Gasteiger partial charge in [-0.25, -0.2) is 0 Å². The molecule has 5 rings (SSSR count). The van der Waals surface area contributed by atoms with Crippen LogP contribution in [-0.4, -0.2) is 37.0 Å². The minimum atomic E-state index is -0.905. The Balaban J connectivity index is 1.28. The summed E-state index contributed by atoms with van der Waals surface area (Å²) in [4.78, 5) is 16.7. The molecule has 37 heavy (non-hydrogen) atoms. The Morgan fingerprint density at radius 2 is 1.11 bits per heavy atom. The van der Waals surface area contributed by atoms with E-state index in [9.17, 15) is 4.79 Å². The van der Waals surface area contributed by atoms with Gasteiger partial charge < -0.3 is 10.2 Å². The van der Waals surface area contributed by atoms with Gasteiger partial charge in [-0.2, -0.15) is 0 Å². The third-order valence-electron chi connectivity index (χ3n) is 7.76. The summed E-state index contributed by atoms with van der Waals surface area (Å²) in [6, 6.07) is 41.4. The van der Waals surface area contributed by atoms with Crippen molar-refractivity contribution in [3.8, 4) is 0 Å². The van der Waals surface area contributed by atoms with Crippen LogP contribution in [0.5, 0.6) is 0 Å². The molecule has 1 N–H and O–H groups in total. The Bertz CT molecular complexity index is 1140. The number of hydrogen-bond acceptors (Lipinski definition) is 2. The van der Waals surface area contributed by atoms with Gasteiger partial charge in [0.15, 0.2) is 0 Å². The predicted octanol–water partition coefficient (Wildman–Crippen LogP) is 6.41. The monoisotopic (exact) mass is 488 g/mol. The molecular formula is C34H36N2O. The first-order valence-corrected chi connectivity index (χ1v) is 13.5. The minimum absolute atomic E-state index is 0.0267. The molecule has 1 amide bonds. The molecule has 1 fully saturated rings. The van der Waals surface area contributed by atoms with Crippen LogP contribution >= 0.6 is 0 Å². The molecule has 1 saturated heterocycles. The molecule has 3 heteroatoms. The number of rotatable bonds is 9. The maximum absolute atomic E-state index is 14.2. The molecule has 4 aromatic rings. The number of piperidine rings is 1. The zero-order valence-electron chi connectivity index (χ0n) is 21.4. The summed E-state index contributed by atoms with van der Waals surface area (Å²) < 4.78 is 0. The van der Waals surface area contributed by atoms with Crippen LogP contribution in [-0.2, 0) is 10.2 Å². The quantitative estimate of drug-likeness (QED) is 0.218. The first-order valence-electron chi connectivity index (χ1n) is 13.5. The molecule has 0 radical (unpaired) electrons. The van der Waals surface area contributed by atoms with E-state index in [-0.39, 0.29) is 5.91 Å². The van der Waals surface area contributed by atoms with Crippen LogP contribution in [0.2, 0.25) is 0 Å². The van der Waals surface area contributed by atoms with Gasteiger partial charge in [0, 0.05) is 6.54 Å². The van der Waals surface area contributed by atoms with Crippen LogP contribution in [0, 0.1) is 0 Å². The largest absolute Gasteiger partial charge is 0.355 e. The fourth-order valence-corrected chi connectivity index (χ4v) is 5.81. The molecule has 1 aliphatic rings. The maximum atomic E-state index is 14.2. The van der Waals surface area contributed by atoms with Crippen LogP contribution < -0.4 is 5.32 Å². The number of nitrogens with one attached hydrogen (secondary N) is 1. The Kier molecular flexibility index (Phi) is 8.12. The van der Waals surface area contributed by atoms with E-state index < -0.39 is 5.41 Å². The lowest BCUT2D eigenvalue weighted by molar-refractivity contribution is -0.124. The molecule has 1 aliphatic heterocycles. The van der Waals surface area contributed by atoms with Crippen molar-refractivity contribution in [2.45, 2.75) is 30.6 Å². The summed E-state index contributed by atoms with van der Waals surface area (Å²) in [5.74, 6) is 0.694. The summed E-state index contributed by atoms with van der Waals surface area (Å²) in [6.45, 7) is 3.91. The highest BCUT2D eigenvalue weighted by atomic mass is 16.2. The number of carbonyl (C=O) groups is 1. The number of likely N-dealkylation sites (tertiary alicyclic amines) is 1. The van der Waals surface area contributed by atoms with Gasteiger partial charge in [-0.1, -0.05) is 121 Å². The minimum Gasteiger partial charge on any atom is -0.355 e. The lowest BCUT2D eigenvalue weighted by Crippen LogP contribution is -2.47. The molecule has 0 bridgehead atoms. The van der Waals surface area contributed by atoms with Crippen LogP contribution in [0.3, 0.4) is 0 Å². The average molecular weight is 489 g/mol. The standard InChI is InChI=1S/C34H36N2O/c37-33(35-24-13-25-36-26-22-29(23-27-36)28-14-5-1-6-15-28)34(30-16-7-2-8-17-30,31-18-9-3-10-19-31)32-20-11-4-12-21-32/h1-12,14-21,29H,13,22-27H2,(H,35,37). The molecule has 0 spiro atoms. The van der Waals surface area contributed by atoms with Gasteiger partial charge >= 0.3 is 0 Å². The van der Waals surface area contributed by atoms with Gasteiger partial charge in [-0.05, 0) is 67.1 Å². The molecule has 0 unspecified atom stereocenters. The summed E-state index contributed by atoms with van der Waals surface area (Å²) in [7, 11) is 0. The summed E-state index contributed by atoms with van der Waals surface area (Å²) >= 11 is 0. The maximum Gasteiger partial charge on any atom is 0.239 e. The number of hydrogen-bond donors (Lipinski definition) is 1. The van der Waals surface area contributed by atoms with Gasteiger partial charge in [-0.3, -0.25) is 4.79 Å². The molecule has 188 valence electrons. The van der Waals surface area contributed by atoms with E-state index in [1.807, 2.05) is 54.6 Å². The molecule has 0 saturated carbocycles.